The Balaban J connectivity index is 1.90. The Kier molecular flexibility index (Phi) is 4.97. The van der Waals surface area contributed by atoms with Crippen molar-refractivity contribution in [1.29, 1.82) is 0 Å². The Bertz CT molecular complexity index is 375. The summed E-state index contributed by atoms with van der Waals surface area (Å²) in [6.07, 6.45) is 5.52. The highest BCUT2D eigenvalue weighted by molar-refractivity contribution is 5.50. The van der Waals surface area contributed by atoms with Crippen LogP contribution >= 0.6 is 0 Å². The number of rotatable bonds is 4. The second-order valence-electron chi connectivity index (χ2n) is 5.33. The normalized spacial score (nSPS) is 20.7. The van der Waals surface area contributed by atoms with Gasteiger partial charge >= 0.3 is 0 Å². The number of morpholine rings is 1. The van der Waals surface area contributed by atoms with E-state index in [9.17, 15) is 0 Å². The van der Waals surface area contributed by atoms with Gasteiger partial charge in [0, 0.05) is 12.6 Å². The number of nitrogens with one attached hydrogen (secondary N) is 1. The molecule has 0 spiro atoms. The van der Waals surface area contributed by atoms with Crippen molar-refractivity contribution in [3.8, 4) is 0 Å². The lowest BCUT2D eigenvalue weighted by Crippen LogP contribution is -2.39. The lowest BCUT2D eigenvalue weighted by Gasteiger charge is -2.20. The van der Waals surface area contributed by atoms with Crippen molar-refractivity contribution in [1.82, 2.24) is 5.32 Å². The van der Waals surface area contributed by atoms with Crippen LogP contribution in [0.25, 0.3) is 6.08 Å². The molecule has 1 aliphatic heterocycles. The van der Waals surface area contributed by atoms with Gasteiger partial charge < -0.3 is 10.1 Å². The number of ether oxygens (including phenoxy) is 1. The summed E-state index contributed by atoms with van der Waals surface area (Å²) in [6.45, 7) is 7.06. The largest absolute Gasteiger partial charge is 0.378 e. The van der Waals surface area contributed by atoms with Gasteiger partial charge in [-0.05, 0) is 23.5 Å². The average Bonchev–Trinajstić information content (AvgIpc) is 2.38. The van der Waals surface area contributed by atoms with E-state index in [1.54, 1.807) is 0 Å². The van der Waals surface area contributed by atoms with Gasteiger partial charge in [-0.25, -0.2) is 0 Å². The minimum absolute atomic E-state index is 0.356. The summed E-state index contributed by atoms with van der Waals surface area (Å²) in [5, 5.41) is 3.42. The van der Waals surface area contributed by atoms with Crippen LogP contribution in [0, 0.1) is 5.92 Å². The van der Waals surface area contributed by atoms with Gasteiger partial charge in [0.15, 0.2) is 0 Å². The van der Waals surface area contributed by atoms with Gasteiger partial charge in [0.05, 0.1) is 13.2 Å². The molecule has 98 valence electrons. The molecule has 1 fully saturated rings. The summed E-state index contributed by atoms with van der Waals surface area (Å²) >= 11 is 0. The smallest absolute Gasteiger partial charge is 0.0656 e. The molecule has 1 aromatic rings. The zero-order chi connectivity index (χ0) is 12.8. The highest BCUT2D eigenvalue weighted by Gasteiger charge is 2.08. The number of hydrogen-bond donors (Lipinski definition) is 1. The summed E-state index contributed by atoms with van der Waals surface area (Å²) in [6, 6.07) is 9.19. The van der Waals surface area contributed by atoms with Crippen molar-refractivity contribution in [2.24, 2.45) is 5.92 Å². The Morgan fingerprint density at radius 1 is 1.33 bits per heavy atom. The molecule has 0 radical (unpaired) electrons. The minimum Gasteiger partial charge on any atom is -0.378 e. The SMILES string of the molecule is CC(C)Cc1ccc(/C=C/C2COCCN2)cc1. The predicted octanol–water partition coefficient (Wildman–Crippen LogP) is 2.89. The van der Waals surface area contributed by atoms with Crippen LogP contribution in [0.15, 0.2) is 30.3 Å². The first-order valence-electron chi connectivity index (χ1n) is 6.82. The third-order valence-corrected chi connectivity index (χ3v) is 3.09. The van der Waals surface area contributed by atoms with Gasteiger partial charge in [-0.1, -0.05) is 50.3 Å². The molecule has 1 saturated heterocycles. The monoisotopic (exact) mass is 245 g/mol. The lowest BCUT2D eigenvalue weighted by atomic mass is 10.0. The van der Waals surface area contributed by atoms with E-state index < -0.39 is 0 Å². The molecule has 1 heterocycles. The fourth-order valence-electron chi connectivity index (χ4n) is 2.17. The van der Waals surface area contributed by atoms with Crippen LogP contribution in [-0.4, -0.2) is 25.8 Å². The van der Waals surface area contributed by atoms with Crippen LogP contribution in [0.4, 0.5) is 0 Å². The molecule has 1 aromatic carbocycles. The summed E-state index contributed by atoms with van der Waals surface area (Å²) < 4.78 is 5.42. The van der Waals surface area contributed by atoms with E-state index in [0.29, 0.717) is 6.04 Å². The second-order valence-corrected chi connectivity index (χ2v) is 5.33. The maximum atomic E-state index is 5.42. The first-order chi connectivity index (χ1) is 8.74. The van der Waals surface area contributed by atoms with Crippen LogP contribution in [0.5, 0.6) is 0 Å². The molecule has 0 aromatic heterocycles. The molecule has 2 heteroatoms. The minimum atomic E-state index is 0.356. The van der Waals surface area contributed by atoms with Gasteiger partial charge in [-0.15, -0.1) is 0 Å². The Morgan fingerprint density at radius 2 is 2.11 bits per heavy atom. The molecule has 0 saturated carbocycles. The van der Waals surface area contributed by atoms with Crippen LogP contribution in [0.1, 0.15) is 25.0 Å². The molecule has 1 atom stereocenters. The fourth-order valence-corrected chi connectivity index (χ4v) is 2.17. The van der Waals surface area contributed by atoms with Crippen LogP contribution < -0.4 is 5.32 Å². The molecule has 18 heavy (non-hydrogen) atoms. The van der Waals surface area contributed by atoms with Crippen molar-refractivity contribution >= 4 is 6.08 Å². The molecule has 0 bridgehead atoms. The molecular formula is C16H23NO. The Labute approximate surface area is 110 Å². The van der Waals surface area contributed by atoms with Crippen LogP contribution in [0.3, 0.4) is 0 Å². The molecule has 1 unspecified atom stereocenters. The summed E-state index contributed by atoms with van der Waals surface area (Å²) in [5.41, 5.74) is 2.68. The van der Waals surface area contributed by atoms with Crippen LogP contribution in [-0.2, 0) is 11.2 Å². The maximum Gasteiger partial charge on any atom is 0.0656 e. The topological polar surface area (TPSA) is 21.3 Å². The van der Waals surface area contributed by atoms with Crippen LogP contribution in [0.2, 0.25) is 0 Å². The number of benzene rings is 1. The highest BCUT2D eigenvalue weighted by atomic mass is 16.5. The summed E-state index contributed by atoms with van der Waals surface area (Å²) in [5.74, 6) is 0.718. The summed E-state index contributed by atoms with van der Waals surface area (Å²) in [4.78, 5) is 0. The first kappa shape index (κ1) is 13.3. The molecule has 0 aliphatic carbocycles. The van der Waals surface area contributed by atoms with Gasteiger partial charge in [-0.3, -0.25) is 0 Å². The lowest BCUT2D eigenvalue weighted by molar-refractivity contribution is 0.0903. The van der Waals surface area contributed by atoms with Crippen molar-refractivity contribution in [2.75, 3.05) is 19.8 Å². The molecule has 0 amide bonds. The van der Waals surface area contributed by atoms with Gasteiger partial charge in [0.2, 0.25) is 0 Å². The average molecular weight is 245 g/mol. The van der Waals surface area contributed by atoms with E-state index >= 15 is 0 Å². The second kappa shape index (κ2) is 6.72. The molecule has 1 N–H and O–H groups in total. The van der Waals surface area contributed by atoms with E-state index in [2.05, 4.69) is 55.6 Å². The standard InChI is InChI=1S/C16H23NO/c1-13(2)11-15-5-3-14(4-6-15)7-8-16-12-18-10-9-17-16/h3-8,13,16-17H,9-12H2,1-2H3/b8-7+. The maximum absolute atomic E-state index is 5.42. The third kappa shape index (κ3) is 4.28. The third-order valence-electron chi connectivity index (χ3n) is 3.09. The zero-order valence-corrected chi connectivity index (χ0v) is 11.4. The van der Waals surface area contributed by atoms with Gasteiger partial charge in [0.25, 0.3) is 0 Å². The van der Waals surface area contributed by atoms with E-state index in [1.807, 2.05) is 0 Å². The highest BCUT2D eigenvalue weighted by Crippen LogP contribution is 2.11. The van der Waals surface area contributed by atoms with E-state index in [1.165, 1.54) is 11.1 Å². The molecule has 2 nitrogen and oxygen atoms in total. The van der Waals surface area contributed by atoms with Gasteiger partial charge in [0.1, 0.15) is 0 Å². The van der Waals surface area contributed by atoms with E-state index in [4.69, 9.17) is 4.74 Å². The quantitative estimate of drug-likeness (QED) is 0.880. The zero-order valence-electron chi connectivity index (χ0n) is 11.4. The molecule has 2 rings (SSSR count). The van der Waals surface area contributed by atoms with Crippen molar-refractivity contribution in [2.45, 2.75) is 26.3 Å². The van der Waals surface area contributed by atoms with Crippen molar-refractivity contribution in [3.05, 3.63) is 41.5 Å². The van der Waals surface area contributed by atoms with E-state index in [-0.39, 0.29) is 0 Å². The van der Waals surface area contributed by atoms with Gasteiger partial charge in [-0.2, -0.15) is 0 Å². The Hall–Kier alpha value is -1.12. The van der Waals surface area contributed by atoms with Crippen molar-refractivity contribution < 1.29 is 4.74 Å². The predicted molar refractivity (Wildman–Crippen MR) is 76.6 cm³/mol. The summed E-state index contributed by atoms with van der Waals surface area (Å²) in [7, 11) is 0. The van der Waals surface area contributed by atoms with E-state index in [0.717, 1.165) is 32.1 Å². The molecule has 1 aliphatic rings. The number of hydrogen-bond acceptors (Lipinski definition) is 2. The molecular weight excluding hydrogens is 222 g/mol. The van der Waals surface area contributed by atoms with Crippen molar-refractivity contribution in [3.63, 3.8) is 0 Å². The first-order valence-corrected chi connectivity index (χ1v) is 6.82. The fraction of sp³-hybridized carbons (Fsp3) is 0.500. The Morgan fingerprint density at radius 3 is 2.72 bits per heavy atom.